The lowest BCUT2D eigenvalue weighted by Gasteiger charge is -2.22. The first-order valence-corrected chi connectivity index (χ1v) is 18.3. The first-order valence-electron chi connectivity index (χ1n) is 18.3. The van der Waals surface area contributed by atoms with Crippen molar-refractivity contribution in [2.45, 2.75) is 32.1 Å². The zero-order valence-corrected chi connectivity index (χ0v) is 29.8. The van der Waals surface area contributed by atoms with E-state index in [2.05, 4.69) is 153 Å². The summed E-state index contributed by atoms with van der Waals surface area (Å²) in [7, 11) is 0. The van der Waals surface area contributed by atoms with Crippen LogP contribution in [-0.2, 0) is 5.41 Å². The number of rotatable bonds is 6. The number of fused-ring (bicyclic) bond motifs is 3. The largest absolute Gasteiger partial charge is 0.228 e. The Bertz CT molecular complexity index is 2640. The highest BCUT2D eigenvalue weighted by atomic mass is 14.9. The van der Waals surface area contributed by atoms with E-state index in [1.807, 2.05) is 30.3 Å². The molecule has 1 heterocycles. The molecular weight excluding hydrogens is 643 g/mol. The van der Waals surface area contributed by atoms with Gasteiger partial charge in [-0.15, -0.1) is 0 Å². The average molecular weight is 680 g/mol. The van der Waals surface area contributed by atoms with Crippen LogP contribution < -0.4 is 0 Å². The maximum absolute atomic E-state index is 9.59. The van der Waals surface area contributed by atoms with Gasteiger partial charge in [0.2, 0.25) is 0 Å². The molecule has 7 aromatic rings. The zero-order chi connectivity index (χ0) is 35.9. The quantitative estimate of drug-likeness (QED) is 0.176. The summed E-state index contributed by atoms with van der Waals surface area (Å²) < 4.78 is 0. The molecule has 2 aliphatic carbocycles. The van der Waals surface area contributed by atoms with Crippen molar-refractivity contribution in [1.82, 2.24) is 9.97 Å². The number of hydrogen-bond donors (Lipinski definition) is 0. The van der Waals surface area contributed by atoms with Gasteiger partial charge in [0.05, 0.1) is 23.0 Å². The van der Waals surface area contributed by atoms with Gasteiger partial charge in [0, 0.05) is 22.1 Å². The number of nitrogens with zero attached hydrogens (tertiary/aromatic N) is 3. The minimum atomic E-state index is -0.172. The molecule has 252 valence electrons. The van der Waals surface area contributed by atoms with Crippen molar-refractivity contribution in [2.75, 3.05) is 0 Å². The highest BCUT2D eigenvalue weighted by molar-refractivity contribution is 5.86. The van der Waals surface area contributed by atoms with Crippen LogP contribution in [0.25, 0.3) is 72.9 Å². The van der Waals surface area contributed by atoms with Crippen molar-refractivity contribution in [3.8, 4) is 73.4 Å². The monoisotopic (exact) mass is 679 g/mol. The van der Waals surface area contributed by atoms with Crippen molar-refractivity contribution in [2.24, 2.45) is 0 Å². The number of benzene rings is 6. The Balaban J connectivity index is 1.17. The number of hydrogen-bond acceptors (Lipinski definition) is 3. The molecule has 0 bridgehead atoms. The van der Waals surface area contributed by atoms with Gasteiger partial charge in [0.15, 0.2) is 5.82 Å². The van der Waals surface area contributed by atoms with E-state index < -0.39 is 0 Å². The van der Waals surface area contributed by atoms with Gasteiger partial charge in [-0.05, 0) is 117 Å². The molecule has 1 aromatic heterocycles. The van der Waals surface area contributed by atoms with Gasteiger partial charge in [-0.1, -0.05) is 129 Å². The van der Waals surface area contributed by atoms with Crippen LogP contribution in [0.15, 0.2) is 164 Å². The van der Waals surface area contributed by atoms with Gasteiger partial charge in [-0.3, -0.25) is 0 Å². The lowest BCUT2D eigenvalue weighted by Crippen LogP contribution is -2.15. The summed E-state index contributed by atoms with van der Waals surface area (Å²) in [5.41, 5.74) is 17.3. The summed E-state index contributed by atoms with van der Waals surface area (Å²) in [6.07, 6.45) is 8.95. The van der Waals surface area contributed by atoms with Crippen LogP contribution in [0.2, 0.25) is 0 Å². The highest BCUT2D eigenvalue weighted by Crippen LogP contribution is 2.50. The number of aromatic nitrogens is 2. The fourth-order valence-electron chi connectivity index (χ4n) is 7.89. The fraction of sp³-hybridized carbons (Fsp3) is 0.100. The molecule has 0 amide bonds. The Hall–Kier alpha value is -6.63. The van der Waals surface area contributed by atoms with Crippen LogP contribution in [0.1, 0.15) is 48.9 Å². The van der Waals surface area contributed by atoms with E-state index in [9.17, 15) is 5.26 Å². The second-order valence-electron chi connectivity index (χ2n) is 14.5. The molecule has 53 heavy (non-hydrogen) atoms. The smallest absolute Gasteiger partial charge is 0.160 e. The molecule has 0 saturated heterocycles. The normalized spacial score (nSPS) is 13.9. The summed E-state index contributed by atoms with van der Waals surface area (Å²) in [6, 6.07) is 53.6. The van der Waals surface area contributed by atoms with Crippen LogP contribution in [0, 0.1) is 11.3 Å². The van der Waals surface area contributed by atoms with Crippen LogP contribution in [0.5, 0.6) is 0 Å². The van der Waals surface area contributed by atoms with E-state index >= 15 is 0 Å². The molecule has 9 rings (SSSR count). The maximum atomic E-state index is 9.59. The molecule has 0 saturated carbocycles. The predicted octanol–water partition coefficient (Wildman–Crippen LogP) is 12.7. The second-order valence-corrected chi connectivity index (χ2v) is 14.5. The third-order valence-corrected chi connectivity index (χ3v) is 10.7. The van der Waals surface area contributed by atoms with Gasteiger partial charge in [-0.2, -0.15) is 5.26 Å². The average Bonchev–Trinajstić information content (AvgIpc) is 3.46. The molecule has 3 nitrogen and oxygen atoms in total. The lowest BCUT2D eigenvalue weighted by molar-refractivity contribution is 0.660. The van der Waals surface area contributed by atoms with E-state index in [0.29, 0.717) is 11.4 Å². The predicted molar refractivity (Wildman–Crippen MR) is 218 cm³/mol. The zero-order valence-electron chi connectivity index (χ0n) is 29.8. The molecular formula is C50H37N3. The molecule has 0 N–H and O–H groups in total. The molecule has 0 atom stereocenters. The molecule has 0 spiro atoms. The van der Waals surface area contributed by atoms with Crippen LogP contribution in [-0.4, -0.2) is 9.97 Å². The van der Waals surface area contributed by atoms with Gasteiger partial charge < -0.3 is 0 Å². The summed E-state index contributed by atoms with van der Waals surface area (Å²) in [5.74, 6) is 0.695. The lowest BCUT2D eigenvalue weighted by atomic mass is 9.81. The maximum Gasteiger partial charge on any atom is 0.160 e. The molecule has 6 aromatic carbocycles. The standard InChI is InChI=1S/C50H37N3/c1-50(2)45-24-21-33(32-51)25-44(45)43-23-22-38(30-46(43)50)37-19-12-20-39(26-37)47-31-48(53-49(52-47)36-17-10-5-11-18-36)42-28-40(34-13-6-3-7-14-34)27-41(29-42)35-15-8-4-9-16-35/h3,5-8,10-31H,4,9H2,1-2H3. The molecule has 2 aliphatic rings. The molecule has 0 radical (unpaired) electrons. The van der Waals surface area contributed by atoms with Crippen LogP contribution in [0.3, 0.4) is 0 Å². The van der Waals surface area contributed by atoms with Gasteiger partial charge in [0.25, 0.3) is 0 Å². The molecule has 0 fully saturated rings. The minimum Gasteiger partial charge on any atom is -0.228 e. The first-order chi connectivity index (χ1) is 25.9. The van der Waals surface area contributed by atoms with Crippen LogP contribution in [0.4, 0.5) is 0 Å². The summed E-state index contributed by atoms with van der Waals surface area (Å²) in [4.78, 5) is 10.4. The minimum absolute atomic E-state index is 0.172. The number of nitriles is 1. The van der Waals surface area contributed by atoms with E-state index in [1.165, 1.54) is 33.4 Å². The first kappa shape index (κ1) is 32.3. The summed E-state index contributed by atoms with van der Waals surface area (Å²) in [6.45, 7) is 4.55. The third-order valence-electron chi connectivity index (χ3n) is 10.7. The van der Waals surface area contributed by atoms with E-state index in [-0.39, 0.29) is 5.41 Å². The van der Waals surface area contributed by atoms with Crippen molar-refractivity contribution in [3.05, 3.63) is 186 Å². The highest BCUT2D eigenvalue weighted by Gasteiger charge is 2.35. The topological polar surface area (TPSA) is 49.6 Å². The SMILES string of the molecule is CC1(C)c2ccc(C#N)cc2-c2ccc(-c3cccc(-c4cc(-c5cc(C6=CCCC=C6)cc(-c6ccccc6)c5)nc(-c5ccccc5)n4)c3)cc21. The van der Waals surface area contributed by atoms with Crippen molar-refractivity contribution >= 4 is 5.57 Å². The van der Waals surface area contributed by atoms with E-state index in [4.69, 9.17) is 9.97 Å². The van der Waals surface area contributed by atoms with Gasteiger partial charge >= 0.3 is 0 Å². The Kier molecular flexibility index (Phi) is 8.02. The molecule has 0 unspecified atom stereocenters. The van der Waals surface area contributed by atoms with Gasteiger partial charge in [-0.25, -0.2) is 9.97 Å². The molecule has 3 heteroatoms. The Morgan fingerprint density at radius 3 is 1.92 bits per heavy atom. The summed E-state index contributed by atoms with van der Waals surface area (Å²) >= 11 is 0. The van der Waals surface area contributed by atoms with Crippen molar-refractivity contribution in [3.63, 3.8) is 0 Å². The van der Waals surface area contributed by atoms with Gasteiger partial charge in [0.1, 0.15) is 0 Å². The van der Waals surface area contributed by atoms with Crippen molar-refractivity contribution in [1.29, 1.82) is 5.26 Å². The third kappa shape index (κ3) is 5.99. The number of allylic oxidation sites excluding steroid dienone is 4. The second kappa shape index (κ2) is 13.2. The van der Waals surface area contributed by atoms with Crippen molar-refractivity contribution < 1.29 is 0 Å². The molecule has 0 aliphatic heterocycles. The van der Waals surface area contributed by atoms with E-state index in [0.717, 1.165) is 63.2 Å². The van der Waals surface area contributed by atoms with Crippen LogP contribution >= 0.6 is 0 Å². The fourth-order valence-corrected chi connectivity index (χ4v) is 7.89. The van der Waals surface area contributed by atoms with E-state index in [1.54, 1.807) is 0 Å². The Morgan fingerprint density at radius 2 is 1.17 bits per heavy atom. The Morgan fingerprint density at radius 1 is 0.509 bits per heavy atom. The Labute approximate surface area is 311 Å². The summed E-state index contributed by atoms with van der Waals surface area (Å²) in [5, 5.41) is 9.59.